The summed E-state index contributed by atoms with van der Waals surface area (Å²) in [6.07, 6.45) is 36.4. The number of rotatable bonds is 22. The highest BCUT2D eigenvalue weighted by molar-refractivity contribution is 4.80. The Morgan fingerprint density at radius 1 is 0.308 bits per heavy atom. The molecule has 0 fully saturated rings. The lowest BCUT2D eigenvalue weighted by Crippen LogP contribution is -1.84. The van der Waals surface area contributed by atoms with Crippen LogP contribution in [0.4, 0.5) is 0 Å². The molecular formula is C26H52. The van der Waals surface area contributed by atoms with Gasteiger partial charge < -0.3 is 0 Å². The molecule has 0 rings (SSSR count). The molecule has 0 aromatic heterocycles. The van der Waals surface area contributed by atoms with E-state index in [1.807, 2.05) is 0 Å². The van der Waals surface area contributed by atoms with E-state index in [-0.39, 0.29) is 0 Å². The fourth-order valence-electron chi connectivity index (χ4n) is 3.74. The van der Waals surface area contributed by atoms with Crippen LogP contribution in [0.1, 0.15) is 155 Å². The Morgan fingerprint density at radius 2 is 0.615 bits per heavy atom. The van der Waals surface area contributed by atoms with E-state index >= 15 is 0 Å². The van der Waals surface area contributed by atoms with Crippen molar-refractivity contribution in [2.45, 2.75) is 155 Å². The van der Waals surface area contributed by atoms with Gasteiger partial charge in [0.15, 0.2) is 0 Å². The number of hydrogen-bond donors (Lipinski definition) is 0. The SMILES string of the molecule is CCC/C=C/CCCCCCCCCCCCCCCCCCCCC. The van der Waals surface area contributed by atoms with E-state index in [9.17, 15) is 0 Å². The molecule has 0 aromatic rings. The Bertz CT molecular complexity index is 253. The van der Waals surface area contributed by atoms with Gasteiger partial charge in [0, 0.05) is 0 Å². The molecule has 0 aliphatic carbocycles. The zero-order chi connectivity index (χ0) is 19.0. The molecule has 26 heavy (non-hydrogen) atoms. The summed E-state index contributed by atoms with van der Waals surface area (Å²) in [6.45, 7) is 4.55. The largest absolute Gasteiger partial charge is 0.0885 e. The van der Waals surface area contributed by atoms with E-state index in [1.54, 1.807) is 0 Å². The van der Waals surface area contributed by atoms with E-state index in [0.717, 1.165) is 0 Å². The van der Waals surface area contributed by atoms with Crippen molar-refractivity contribution in [1.82, 2.24) is 0 Å². The van der Waals surface area contributed by atoms with Gasteiger partial charge in [0.1, 0.15) is 0 Å². The normalized spacial score (nSPS) is 11.6. The van der Waals surface area contributed by atoms with Gasteiger partial charge in [0.2, 0.25) is 0 Å². The number of hydrogen-bond acceptors (Lipinski definition) is 0. The third kappa shape index (κ3) is 23.7. The van der Waals surface area contributed by atoms with Gasteiger partial charge in [-0.05, 0) is 19.3 Å². The summed E-state index contributed by atoms with van der Waals surface area (Å²) in [5.41, 5.74) is 0. The predicted octanol–water partition coefficient (Wildman–Crippen LogP) is 10.2. The minimum Gasteiger partial charge on any atom is -0.0885 e. The fraction of sp³-hybridized carbons (Fsp3) is 0.923. The van der Waals surface area contributed by atoms with Gasteiger partial charge in [-0.15, -0.1) is 0 Å². The molecule has 0 aromatic carbocycles. The van der Waals surface area contributed by atoms with E-state index in [0.29, 0.717) is 0 Å². The molecule has 0 saturated carbocycles. The molecule has 0 radical (unpaired) electrons. The van der Waals surface area contributed by atoms with Crippen molar-refractivity contribution in [1.29, 1.82) is 0 Å². The minimum atomic E-state index is 1.26. The summed E-state index contributed by atoms with van der Waals surface area (Å²) < 4.78 is 0. The molecule has 0 nitrogen and oxygen atoms in total. The van der Waals surface area contributed by atoms with E-state index in [2.05, 4.69) is 26.0 Å². The second-order valence-corrected chi connectivity index (χ2v) is 8.41. The van der Waals surface area contributed by atoms with Gasteiger partial charge in [-0.2, -0.15) is 0 Å². The lowest BCUT2D eigenvalue weighted by atomic mass is 10.0. The molecule has 0 heteroatoms. The van der Waals surface area contributed by atoms with Crippen LogP contribution in [-0.2, 0) is 0 Å². The standard InChI is InChI=1S/C26H52/c1-3-5-7-9-11-13-15-17-19-21-23-25-26-24-22-20-18-16-14-12-10-8-6-4-2/h7,9H,3-6,8,10-26H2,1-2H3/b9-7+. The maximum atomic E-state index is 2.39. The first-order valence-corrected chi connectivity index (χ1v) is 12.6. The highest BCUT2D eigenvalue weighted by atomic mass is 14.0. The second-order valence-electron chi connectivity index (χ2n) is 8.41. The molecule has 0 aliphatic heterocycles. The first kappa shape index (κ1) is 25.7. The summed E-state index contributed by atoms with van der Waals surface area (Å²) in [4.78, 5) is 0. The average molecular weight is 365 g/mol. The van der Waals surface area contributed by atoms with Crippen molar-refractivity contribution in [3.63, 3.8) is 0 Å². The summed E-state index contributed by atoms with van der Waals surface area (Å²) in [7, 11) is 0. The summed E-state index contributed by atoms with van der Waals surface area (Å²) in [6, 6.07) is 0. The Hall–Kier alpha value is -0.260. The molecule has 0 aliphatic rings. The third-order valence-electron chi connectivity index (χ3n) is 5.60. The van der Waals surface area contributed by atoms with Crippen LogP contribution in [0.2, 0.25) is 0 Å². The van der Waals surface area contributed by atoms with Crippen LogP contribution in [0.3, 0.4) is 0 Å². The Balaban J connectivity index is 2.99. The van der Waals surface area contributed by atoms with Crippen molar-refractivity contribution in [2.75, 3.05) is 0 Å². The van der Waals surface area contributed by atoms with Gasteiger partial charge in [0.25, 0.3) is 0 Å². The summed E-state index contributed by atoms with van der Waals surface area (Å²) in [5, 5.41) is 0. The summed E-state index contributed by atoms with van der Waals surface area (Å²) in [5.74, 6) is 0. The van der Waals surface area contributed by atoms with Gasteiger partial charge >= 0.3 is 0 Å². The van der Waals surface area contributed by atoms with Gasteiger partial charge in [-0.3, -0.25) is 0 Å². The van der Waals surface area contributed by atoms with Crippen molar-refractivity contribution in [3.8, 4) is 0 Å². The van der Waals surface area contributed by atoms with E-state index < -0.39 is 0 Å². The predicted molar refractivity (Wildman–Crippen MR) is 122 cm³/mol. The Labute approximate surface area is 167 Å². The highest BCUT2D eigenvalue weighted by Crippen LogP contribution is 2.14. The average Bonchev–Trinajstić information content (AvgIpc) is 2.66. The summed E-state index contributed by atoms with van der Waals surface area (Å²) >= 11 is 0. The first-order chi connectivity index (χ1) is 12.9. The van der Waals surface area contributed by atoms with Crippen LogP contribution >= 0.6 is 0 Å². The van der Waals surface area contributed by atoms with E-state index in [1.165, 1.54) is 141 Å². The first-order valence-electron chi connectivity index (χ1n) is 12.6. The lowest BCUT2D eigenvalue weighted by Gasteiger charge is -2.03. The quantitative estimate of drug-likeness (QED) is 0.132. The molecule has 0 unspecified atom stereocenters. The minimum absolute atomic E-state index is 1.26. The van der Waals surface area contributed by atoms with Crippen molar-refractivity contribution in [2.24, 2.45) is 0 Å². The molecule has 0 atom stereocenters. The maximum Gasteiger partial charge on any atom is -0.0351 e. The van der Waals surface area contributed by atoms with Gasteiger partial charge in [-0.25, -0.2) is 0 Å². The lowest BCUT2D eigenvalue weighted by molar-refractivity contribution is 0.523. The Kier molecular flexibility index (Phi) is 24.5. The van der Waals surface area contributed by atoms with Crippen LogP contribution in [0.15, 0.2) is 12.2 Å². The molecule has 156 valence electrons. The number of allylic oxidation sites excluding steroid dienone is 2. The molecule has 0 saturated heterocycles. The van der Waals surface area contributed by atoms with Crippen molar-refractivity contribution < 1.29 is 0 Å². The molecular weight excluding hydrogens is 312 g/mol. The fourth-order valence-corrected chi connectivity index (χ4v) is 3.74. The topological polar surface area (TPSA) is 0 Å². The number of unbranched alkanes of at least 4 members (excludes halogenated alkanes) is 20. The van der Waals surface area contributed by atoms with Crippen LogP contribution in [0.25, 0.3) is 0 Å². The molecule has 0 heterocycles. The van der Waals surface area contributed by atoms with Crippen molar-refractivity contribution in [3.05, 3.63) is 12.2 Å². The molecule has 0 bridgehead atoms. The zero-order valence-electron chi connectivity index (χ0n) is 18.7. The zero-order valence-corrected chi connectivity index (χ0v) is 18.7. The van der Waals surface area contributed by atoms with Crippen LogP contribution < -0.4 is 0 Å². The highest BCUT2D eigenvalue weighted by Gasteiger charge is 1.95. The Morgan fingerprint density at radius 3 is 0.962 bits per heavy atom. The maximum absolute atomic E-state index is 2.39. The van der Waals surface area contributed by atoms with Crippen molar-refractivity contribution >= 4 is 0 Å². The molecule has 0 amide bonds. The smallest absolute Gasteiger partial charge is 0.0351 e. The molecule has 0 spiro atoms. The van der Waals surface area contributed by atoms with Gasteiger partial charge in [0.05, 0.1) is 0 Å². The third-order valence-corrected chi connectivity index (χ3v) is 5.60. The van der Waals surface area contributed by atoms with Gasteiger partial charge in [-0.1, -0.05) is 148 Å². The van der Waals surface area contributed by atoms with Crippen LogP contribution in [0, 0.1) is 0 Å². The monoisotopic (exact) mass is 364 g/mol. The van der Waals surface area contributed by atoms with E-state index in [4.69, 9.17) is 0 Å². The van der Waals surface area contributed by atoms with Crippen LogP contribution in [-0.4, -0.2) is 0 Å². The van der Waals surface area contributed by atoms with Crippen LogP contribution in [0.5, 0.6) is 0 Å². The molecule has 0 N–H and O–H groups in total. The second kappa shape index (κ2) is 24.7.